The fraction of sp³-hybridized carbons (Fsp3) is 0.227. The van der Waals surface area contributed by atoms with Crippen molar-refractivity contribution in [2.45, 2.75) is 18.8 Å². The van der Waals surface area contributed by atoms with Crippen LogP contribution in [0.3, 0.4) is 0 Å². The number of anilines is 2. The van der Waals surface area contributed by atoms with Crippen molar-refractivity contribution in [2.75, 3.05) is 18.4 Å². The second-order valence-electron chi connectivity index (χ2n) is 6.90. The number of amides is 1. The number of benzene rings is 2. The van der Waals surface area contributed by atoms with Crippen LogP contribution in [-0.2, 0) is 0 Å². The average Bonchev–Trinajstić information content (AvgIpc) is 2.74. The van der Waals surface area contributed by atoms with Crippen molar-refractivity contribution in [1.29, 1.82) is 0 Å². The highest BCUT2D eigenvalue weighted by Crippen LogP contribution is 2.27. The van der Waals surface area contributed by atoms with Crippen molar-refractivity contribution < 1.29 is 4.79 Å². The van der Waals surface area contributed by atoms with Crippen molar-refractivity contribution in [3.63, 3.8) is 0 Å². The van der Waals surface area contributed by atoms with Gasteiger partial charge in [0.15, 0.2) is 0 Å². The normalized spacial score (nSPS) is 16.6. The van der Waals surface area contributed by atoms with E-state index in [1.54, 1.807) is 18.3 Å². The summed E-state index contributed by atoms with van der Waals surface area (Å²) in [4.78, 5) is 23.8. The van der Waals surface area contributed by atoms with E-state index >= 15 is 0 Å². The SMILES string of the molecule is O=C(c1cccc(Cl)c1)N1CCC[C@H](c2ccnc(Nc3ccccc3)n2)C1. The molecule has 0 saturated carbocycles. The smallest absolute Gasteiger partial charge is 0.253 e. The Labute approximate surface area is 169 Å². The van der Waals surface area contributed by atoms with E-state index in [1.165, 1.54) is 0 Å². The van der Waals surface area contributed by atoms with Gasteiger partial charge < -0.3 is 10.2 Å². The molecular formula is C22H21ClN4O. The van der Waals surface area contributed by atoms with E-state index in [1.807, 2.05) is 53.4 Å². The summed E-state index contributed by atoms with van der Waals surface area (Å²) in [6.07, 6.45) is 3.72. The Balaban J connectivity index is 1.48. The predicted molar refractivity (Wildman–Crippen MR) is 111 cm³/mol. The third-order valence-corrected chi connectivity index (χ3v) is 5.14. The molecule has 5 nitrogen and oxygen atoms in total. The zero-order valence-corrected chi connectivity index (χ0v) is 16.1. The van der Waals surface area contributed by atoms with Gasteiger partial charge in [-0.2, -0.15) is 0 Å². The van der Waals surface area contributed by atoms with Crippen LogP contribution >= 0.6 is 11.6 Å². The number of piperidine rings is 1. The zero-order chi connectivity index (χ0) is 19.3. The van der Waals surface area contributed by atoms with Gasteiger partial charge in [-0.1, -0.05) is 35.9 Å². The highest BCUT2D eigenvalue weighted by molar-refractivity contribution is 6.30. The molecule has 1 aliphatic rings. The van der Waals surface area contributed by atoms with Gasteiger partial charge in [-0.25, -0.2) is 9.97 Å². The molecule has 1 N–H and O–H groups in total. The number of likely N-dealkylation sites (tertiary alicyclic amines) is 1. The van der Waals surface area contributed by atoms with E-state index in [9.17, 15) is 4.79 Å². The van der Waals surface area contributed by atoms with Crippen LogP contribution in [0.15, 0.2) is 66.9 Å². The number of hydrogen-bond donors (Lipinski definition) is 1. The van der Waals surface area contributed by atoms with Gasteiger partial charge >= 0.3 is 0 Å². The Morgan fingerprint density at radius 3 is 2.79 bits per heavy atom. The van der Waals surface area contributed by atoms with Crippen molar-refractivity contribution in [3.05, 3.63) is 83.1 Å². The fourth-order valence-corrected chi connectivity index (χ4v) is 3.71. The van der Waals surface area contributed by atoms with Gasteiger partial charge in [-0.15, -0.1) is 0 Å². The molecule has 1 saturated heterocycles. The maximum atomic E-state index is 12.9. The molecular weight excluding hydrogens is 372 g/mol. The lowest BCUT2D eigenvalue weighted by Crippen LogP contribution is -2.39. The van der Waals surface area contributed by atoms with E-state index < -0.39 is 0 Å². The summed E-state index contributed by atoms with van der Waals surface area (Å²) in [5, 5.41) is 3.81. The molecule has 2 heterocycles. The van der Waals surface area contributed by atoms with Crippen molar-refractivity contribution >= 4 is 29.1 Å². The van der Waals surface area contributed by atoms with Gasteiger partial charge in [-0.3, -0.25) is 4.79 Å². The molecule has 4 rings (SSSR count). The summed E-state index contributed by atoms with van der Waals surface area (Å²) in [5.41, 5.74) is 2.53. The minimum absolute atomic E-state index is 0.0175. The average molecular weight is 393 g/mol. The van der Waals surface area contributed by atoms with Crippen LogP contribution in [-0.4, -0.2) is 33.9 Å². The van der Waals surface area contributed by atoms with Crippen LogP contribution in [0.5, 0.6) is 0 Å². The van der Waals surface area contributed by atoms with E-state index in [4.69, 9.17) is 16.6 Å². The molecule has 0 unspecified atom stereocenters. The first-order valence-corrected chi connectivity index (χ1v) is 9.77. The largest absolute Gasteiger partial charge is 0.338 e. The van der Waals surface area contributed by atoms with E-state index in [-0.39, 0.29) is 11.8 Å². The standard InChI is InChI=1S/C22H21ClN4O/c23-18-8-4-6-16(14-18)21(28)27-13-5-7-17(15-27)20-11-12-24-22(26-20)25-19-9-2-1-3-10-19/h1-4,6,8-12,14,17H,5,7,13,15H2,(H,24,25,26)/t17-/m0/s1. The molecule has 1 atom stereocenters. The zero-order valence-electron chi connectivity index (χ0n) is 15.4. The van der Waals surface area contributed by atoms with E-state index in [0.717, 1.165) is 30.8 Å². The first kappa shape index (κ1) is 18.4. The van der Waals surface area contributed by atoms with Crippen LogP contribution in [0.4, 0.5) is 11.6 Å². The van der Waals surface area contributed by atoms with Gasteiger partial charge in [0.2, 0.25) is 5.95 Å². The number of nitrogens with one attached hydrogen (secondary N) is 1. The Kier molecular flexibility index (Phi) is 5.53. The summed E-state index contributed by atoms with van der Waals surface area (Å²) >= 11 is 6.04. The maximum Gasteiger partial charge on any atom is 0.253 e. The quantitative estimate of drug-likeness (QED) is 0.686. The molecule has 142 valence electrons. The van der Waals surface area contributed by atoms with E-state index in [0.29, 0.717) is 23.1 Å². The minimum atomic E-state index is 0.0175. The molecule has 3 aromatic rings. The Bertz CT molecular complexity index is 964. The van der Waals surface area contributed by atoms with Crippen LogP contribution in [0.1, 0.15) is 34.8 Å². The summed E-state index contributed by atoms with van der Waals surface area (Å²) in [6.45, 7) is 1.40. The van der Waals surface area contributed by atoms with Gasteiger partial charge in [0.05, 0.1) is 5.69 Å². The first-order valence-electron chi connectivity index (χ1n) is 9.39. The number of nitrogens with zero attached hydrogens (tertiary/aromatic N) is 3. The van der Waals surface area contributed by atoms with Gasteiger partial charge in [-0.05, 0) is 49.2 Å². The third kappa shape index (κ3) is 4.31. The number of rotatable bonds is 4. The summed E-state index contributed by atoms with van der Waals surface area (Å²) in [5.74, 6) is 0.780. The molecule has 1 aromatic heterocycles. The predicted octanol–water partition coefficient (Wildman–Crippen LogP) is 4.89. The lowest BCUT2D eigenvalue weighted by molar-refractivity contribution is 0.0706. The first-order chi connectivity index (χ1) is 13.7. The summed E-state index contributed by atoms with van der Waals surface area (Å²) < 4.78 is 0. The van der Waals surface area contributed by atoms with Crippen LogP contribution in [0.25, 0.3) is 0 Å². The number of hydrogen-bond acceptors (Lipinski definition) is 4. The van der Waals surface area contributed by atoms with Gasteiger partial charge in [0, 0.05) is 41.5 Å². The fourth-order valence-electron chi connectivity index (χ4n) is 3.52. The highest BCUT2D eigenvalue weighted by Gasteiger charge is 2.26. The summed E-state index contributed by atoms with van der Waals surface area (Å²) in [6, 6.07) is 18.9. The van der Waals surface area contributed by atoms with Crippen LogP contribution in [0.2, 0.25) is 5.02 Å². The Morgan fingerprint density at radius 1 is 1.11 bits per heavy atom. The molecule has 1 amide bonds. The van der Waals surface area contributed by atoms with Crippen LogP contribution < -0.4 is 5.32 Å². The topological polar surface area (TPSA) is 58.1 Å². The molecule has 2 aromatic carbocycles. The number of halogens is 1. The molecule has 1 fully saturated rings. The number of carbonyl (C=O) groups excluding carboxylic acids is 1. The van der Waals surface area contributed by atoms with E-state index in [2.05, 4.69) is 10.3 Å². The summed E-state index contributed by atoms with van der Waals surface area (Å²) in [7, 11) is 0. The van der Waals surface area contributed by atoms with Crippen molar-refractivity contribution in [1.82, 2.24) is 14.9 Å². The monoisotopic (exact) mass is 392 g/mol. The Hall–Kier alpha value is -2.92. The van der Waals surface area contributed by atoms with Gasteiger partial charge in [0.25, 0.3) is 5.91 Å². The number of aromatic nitrogens is 2. The van der Waals surface area contributed by atoms with Crippen molar-refractivity contribution in [3.8, 4) is 0 Å². The second kappa shape index (κ2) is 8.40. The number of carbonyl (C=O) groups is 1. The molecule has 0 aliphatic carbocycles. The third-order valence-electron chi connectivity index (χ3n) is 4.91. The number of para-hydroxylation sites is 1. The second-order valence-corrected chi connectivity index (χ2v) is 7.33. The molecule has 0 spiro atoms. The van der Waals surface area contributed by atoms with Crippen molar-refractivity contribution in [2.24, 2.45) is 0 Å². The highest BCUT2D eigenvalue weighted by atomic mass is 35.5. The molecule has 1 aliphatic heterocycles. The minimum Gasteiger partial charge on any atom is -0.338 e. The lowest BCUT2D eigenvalue weighted by atomic mass is 9.94. The maximum absolute atomic E-state index is 12.9. The van der Waals surface area contributed by atoms with Gasteiger partial charge in [0.1, 0.15) is 0 Å². The molecule has 28 heavy (non-hydrogen) atoms. The molecule has 6 heteroatoms. The van der Waals surface area contributed by atoms with Crippen LogP contribution in [0, 0.1) is 0 Å². The molecule has 0 radical (unpaired) electrons. The lowest BCUT2D eigenvalue weighted by Gasteiger charge is -2.32. The molecule has 0 bridgehead atoms. The Morgan fingerprint density at radius 2 is 1.96 bits per heavy atom.